The molecule has 3 rings (SSSR count). The predicted octanol–water partition coefficient (Wildman–Crippen LogP) is 4.78. The van der Waals surface area contributed by atoms with Crippen LogP contribution in [0.2, 0.25) is 10.0 Å². The summed E-state index contributed by atoms with van der Waals surface area (Å²) in [6, 6.07) is 17.6. The standard InChI is InChI=1S/C17H12Cl2N4O/c18-12-7-4-8-13(16(12)19)21-15-10-9-14(22-23-15)17(24)20-11-5-2-1-3-6-11/h1-10H,(H,20,24)(H,21,23). The zero-order chi connectivity index (χ0) is 16.9. The summed E-state index contributed by atoms with van der Waals surface area (Å²) in [5, 5.41) is 14.5. The Bertz CT molecular complexity index is 854. The van der Waals surface area contributed by atoms with Crippen LogP contribution in [0.1, 0.15) is 10.5 Å². The fourth-order valence-corrected chi connectivity index (χ4v) is 2.32. The Hall–Kier alpha value is -2.63. The van der Waals surface area contributed by atoms with Crippen molar-refractivity contribution in [3.05, 3.63) is 76.4 Å². The molecule has 0 atom stereocenters. The van der Waals surface area contributed by atoms with Crippen LogP contribution < -0.4 is 10.6 Å². The molecule has 0 spiro atoms. The number of carbonyl (C=O) groups is 1. The Morgan fingerprint density at radius 2 is 1.67 bits per heavy atom. The van der Waals surface area contributed by atoms with Gasteiger partial charge >= 0.3 is 0 Å². The van der Waals surface area contributed by atoms with E-state index < -0.39 is 0 Å². The van der Waals surface area contributed by atoms with Gasteiger partial charge in [0.15, 0.2) is 11.5 Å². The second-order valence-electron chi connectivity index (χ2n) is 4.85. The van der Waals surface area contributed by atoms with Crippen LogP contribution in [0.15, 0.2) is 60.7 Å². The van der Waals surface area contributed by atoms with Gasteiger partial charge in [-0.25, -0.2) is 0 Å². The van der Waals surface area contributed by atoms with Crippen LogP contribution in [-0.4, -0.2) is 16.1 Å². The maximum absolute atomic E-state index is 12.1. The van der Waals surface area contributed by atoms with Gasteiger partial charge in [-0.1, -0.05) is 47.5 Å². The Morgan fingerprint density at radius 1 is 0.875 bits per heavy atom. The van der Waals surface area contributed by atoms with Crippen molar-refractivity contribution < 1.29 is 4.79 Å². The Kier molecular flexibility index (Phi) is 4.93. The first kappa shape index (κ1) is 16.2. The number of benzene rings is 2. The lowest BCUT2D eigenvalue weighted by molar-refractivity contribution is 0.102. The highest BCUT2D eigenvalue weighted by Gasteiger charge is 2.10. The second kappa shape index (κ2) is 7.29. The van der Waals surface area contributed by atoms with E-state index in [0.717, 1.165) is 0 Å². The van der Waals surface area contributed by atoms with Gasteiger partial charge in [-0.15, -0.1) is 10.2 Å². The number of amides is 1. The topological polar surface area (TPSA) is 66.9 Å². The summed E-state index contributed by atoms with van der Waals surface area (Å²) in [4.78, 5) is 12.1. The maximum Gasteiger partial charge on any atom is 0.276 e. The van der Waals surface area contributed by atoms with Gasteiger partial charge in [0.25, 0.3) is 5.91 Å². The van der Waals surface area contributed by atoms with E-state index in [4.69, 9.17) is 23.2 Å². The first-order chi connectivity index (χ1) is 11.6. The summed E-state index contributed by atoms with van der Waals surface area (Å²) in [6.45, 7) is 0. The molecule has 0 unspecified atom stereocenters. The minimum Gasteiger partial charge on any atom is -0.337 e. The zero-order valence-electron chi connectivity index (χ0n) is 12.3. The molecule has 120 valence electrons. The lowest BCUT2D eigenvalue weighted by atomic mass is 10.3. The molecule has 0 saturated heterocycles. The number of rotatable bonds is 4. The number of nitrogens with one attached hydrogen (secondary N) is 2. The second-order valence-corrected chi connectivity index (χ2v) is 5.64. The monoisotopic (exact) mass is 358 g/mol. The van der Waals surface area contributed by atoms with E-state index in [1.807, 2.05) is 18.2 Å². The fourth-order valence-electron chi connectivity index (χ4n) is 1.97. The smallest absolute Gasteiger partial charge is 0.276 e. The average molecular weight is 359 g/mol. The van der Waals surface area contributed by atoms with Crippen LogP contribution in [0.4, 0.5) is 17.2 Å². The minimum absolute atomic E-state index is 0.210. The van der Waals surface area contributed by atoms with E-state index in [1.165, 1.54) is 0 Å². The van der Waals surface area contributed by atoms with Crippen LogP contribution in [0.3, 0.4) is 0 Å². The van der Waals surface area contributed by atoms with Gasteiger partial charge in [0.2, 0.25) is 0 Å². The number of hydrogen-bond donors (Lipinski definition) is 2. The van der Waals surface area contributed by atoms with Gasteiger partial charge in [0, 0.05) is 5.69 Å². The molecule has 1 amide bonds. The number of hydrogen-bond acceptors (Lipinski definition) is 4. The number of halogens is 2. The molecule has 0 aliphatic heterocycles. The molecule has 0 aliphatic carbocycles. The molecule has 1 heterocycles. The quantitative estimate of drug-likeness (QED) is 0.704. The van der Waals surface area contributed by atoms with Crippen LogP contribution in [0.5, 0.6) is 0 Å². The summed E-state index contributed by atoms with van der Waals surface area (Å²) in [7, 11) is 0. The van der Waals surface area contributed by atoms with Crippen LogP contribution in [0.25, 0.3) is 0 Å². The van der Waals surface area contributed by atoms with Gasteiger partial charge in [0.05, 0.1) is 15.7 Å². The highest BCUT2D eigenvalue weighted by atomic mass is 35.5. The number of nitrogens with zero attached hydrogens (tertiary/aromatic N) is 2. The van der Waals surface area contributed by atoms with Gasteiger partial charge < -0.3 is 10.6 Å². The highest BCUT2D eigenvalue weighted by Crippen LogP contribution is 2.31. The fraction of sp³-hybridized carbons (Fsp3) is 0. The van der Waals surface area contributed by atoms with E-state index in [9.17, 15) is 4.79 Å². The lowest BCUT2D eigenvalue weighted by Crippen LogP contribution is -2.14. The van der Waals surface area contributed by atoms with Gasteiger partial charge in [-0.3, -0.25) is 4.79 Å². The van der Waals surface area contributed by atoms with Crippen molar-refractivity contribution in [3.8, 4) is 0 Å². The summed E-state index contributed by atoms with van der Waals surface area (Å²) in [6.07, 6.45) is 0. The van der Waals surface area contributed by atoms with Crippen molar-refractivity contribution in [2.24, 2.45) is 0 Å². The molecule has 1 aromatic heterocycles. The molecule has 2 aromatic carbocycles. The molecule has 24 heavy (non-hydrogen) atoms. The third kappa shape index (κ3) is 3.82. The van der Waals surface area contributed by atoms with E-state index in [-0.39, 0.29) is 11.6 Å². The molecule has 0 fully saturated rings. The van der Waals surface area contributed by atoms with Crippen molar-refractivity contribution in [2.45, 2.75) is 0 Å². The van der Waals surface area contributed by atoms with Crippen molar-refractivity contribution in [1.29, 1.82) is 0 Å². The van der Waals surface area contributed by atoms with E-state index in [2.05, 4.69) is 20.8 Å². The summed E-state index contributed by atoms with van der Waals surface area (Å²) >= 11 is 12.1. The third-order valence-corrected chi connectivity index (χ3v) is 3.96. The lowest BCUT2D eigenvalue weighted by Gasteiger charge is -2.08. The van der Waals surface area contributed by atoms with Gasteiger partial charge in [0.1, 0.15) is 0 Å². The van der Waals surface area contributed by atoms with Crippen LogP contribution >= 0.6 is 23.2 Å². The molecular formula is C17H12Cl2N4O. The summed E-state index contributed by atoms with van der Waals surface area (Å²) in [5.74, 6) is 0.122. The summed E-state index contributed by atoms with van der Waals surface area (Å²) in [5.41, 5.74) is 1.51. The average Bonchev–Trinajstić information content (AvgIpc) is 2.60. The first-order valence-corrected chi connectivity index (χ1v) is 7.80. The Morgan fingerprint density at radius 3 is 2.38 bits per heavy atom. The molecule has 5 nitrogen and oxygen atoms in total. The van der Waals surface area contributed by atoms with E-state index >= 15 is 0 Å². The normalized spacial score (nSPS) is 10.2. The molecule has 0 saturated carbocycles. The molecular weight excluding hydrogens is 347 g/mol. The van der Waals surface area contributed by atoms with Gasteiger partial charge in [-0.05, 0) is 36.4 Å². The van der Waals surface area contributed by atoms with Gasteiger partial charge in [-0.2, -0.15) is 0 Å². The van der Waals surface area contributed by atoms with Crippen LogP contribution in [0, 0.1) is 0 Å². The van der Waals surface area contributed by atoms with Crippen molar-refractivity contribution in [1.82, 2.24) is 10.2 Å². The number of aromatic nitrogens is 2. The molecule has 0 bridgehead atoms. The number of anilines is 3. The SMILES string of the molecule is O=C(Nc1ccccc1)c1ccc(Nc2cccc(Cl)c2Cl)nn1. The van der Waals surface area contributed by atoms with E-state index in [1.54, 1.807) is 42.5 Å². The maximum atomic E-state index is 12.1. The van der Waals surface area contributed by atoms with Crippen molar-refractivity contribution in [2.75, 3.05) is 10.6 Å². The Labute approximate surface area is 148 Å². The number of carbonyl (C=O) groups excluding carboxylic acids is 1. The van der Waals surface area contributed by atoms with E-state index in [0.29, 0.717) is 27.2 Å². The number of para-hydroxylation sites is 1. The minimum atomic E-state index is -0.332. The zero-order valence-corrected chi connectivity index (χ0v) is 13.8. The largest absolute Gasteiger partial charge is 0.337 e. The molecule has 7 heteroatoms. The first-order valence-electron chi connectivity index (χ1n) is 7.04. The highest BCUT2D eigenvalue weighted by molar-refractivity contribution is 6.43. The summed E-state index contributed by atoms with van der Waals surface area (Å²) < 4.78 is 0. The Balaban J connectivity index is 1.71. The third-order valence-electron chi connectivity index (χ3n) is 3.14. The molecule has 0 radical (unpaired) electrons. The van der Waals surface area contributed by atoms with Crippen molar-refractivity contribution in [3.63, 3.8) is 0 Å². The molecule has 3 aromatic rings. The van der Waals surface area contributed by atoms with Crippen molar-refractivity contribution >= 4 is 46.3 Å². The molecule has 0 aliphatic rings. The predicted molar refractivity (Wildman–Crippen MR) is 96.2 cm³/mol. The van der Waals surface area contributed by atoms with Crippen LogP contribution in [-0.2, 0) is 0 Å². The molecule has 2 N–H and O–H groups in total.